The van der Waals surface area contributed by atoms with E-state index >= 15 is 0 Å². The molecule has 0 radical (unpaired) electrons. The lowest BCUT2D eigenvalue weighted by Crippen LogP contribution is -2.46. The van der Waals surface area contributed by atoms with E-state index in [1.54, 1.807) is 10.6 Å². The maximum absolute atomic E-state index is 13.5. The Morgan fingerprint density at radius 2 is 2.23 bits per heavy atom. The minimum Gasteiger partial charge on any atom is -0.489 e. The van der Waals surface area contributed by atoms with E-state index in [4.69, 9.17) is 16.0 Å². The summed E-state index contributed by atoms with van der Waals surface area (Å²) in [6.45, 7) is 9.20. The van der Waals surface area contributed by atoms with Gasteiger partial charge in [0, 0.05) is 25.1 Å². The number of hydrogen-bond donors (Lipinski definition) is 0. The van der Waals surface area contributed by atoms with Crippen LogP contribution in [0.1, 0.15) is 12.0 Å². The van der Waals surface area contributed by atoms with Crippen LogP contribution in [0.3, 0.4) is 0 Å². The number of anilines is 1. The van der Waals surface area contributed by atoms with Crippen molar-refractivity contribution in [2.75, 3.05) is 18.1 Å². The van der Waals surface area contributed by atoms with Crippen molar-refractivity contribution in [3.05, 3.63) is 63.5 Å². The van der Waals surface area contributed by atoms with Gasteiger partial charge in [-0.2, -0.15) is 0 Å². The van der Waals surface area contributed by atoms with Gasteiger partial charge in [0.2, 0.25) is 0 Å². The molecule has 0 N–H and O–H groups in total. The van der Waals surface area contributed by atoms with Gasteiger partial charge in [0.15, 0.2) is 5.69 Å². The molecule has 0 saturated carbocycles. The molecule has 1 aromatic heterocycles. The molecule has 3 aliphatic rings. The van der Waals surface area contributed by atoms with E-state index in [0.29, 0.717) is 24.5 Å². The molecule has 2 saturated heterocycles. The fourth-order valence-electron chi connectivity index (χ4n) is 4.32. The Balaban J connectivity index is 1.42. The Hall–Kier alpha value is -2.85. The molecule has 0 unspecified atom stereocenters. The minimum atomic E-state index is -0.471. The van der Waals surface area contributed by atoms with Crippen LogP contribution in [0, 0.1) is 12.4 Å². The quantitative estimate of drug-likeness (QED) is 0.796. The molecule has 2 aromatic rings. The second kappa shape index (κ2) is 5.32. The second-order valence-corrected chi connectivity index (χ2v) is 7.16. The van der Waals surface area contributed by atoms with Crippen molar-refractivity contribution in [3.63, 3.8) is 0 Å². The van der Waals surface area contributed by atoms with Crippen molar-refractivity contribution in [1.29, 1.82) is 0 Å². The monoisotopic (exact) mass is 353 g/mol. The first-order valence-electron chi connectivity index (χ1n) is 8.50. The highest BCUT2D eigenvalue weighted by molar-refractivity contribution is 5.54. The summed E-state index contributed by atoms with van der Waals surface area (Å²) in [6, 6.07) is 7.43. The normalized spacial score (nSPS) is 25.1. The van der Waals surface area contributed by atoms with Gasteiger partial charge in [-0.25, -0.2) is 9.24 Å². The van der Waals surface area contributed by atoms with Crippen LogP contribution in [0.4, 0.5) is 15.9 Å². The second-order valence-electron chi connectivity index (χ2n) is 7.16. The molecule has 2 fully saturated rings. The lowest BCUT2D eigenvalue weighted by atomic mass is 10.0. The van der Waals surface area contributed by atoms with Crippen molar-refractivity contribution < 1.29 is 13.9 Å². The van der Waals surface area contributed by atoms with Crippen molar-refractivity contribution in [2.24, 2.45) is 0 Å². The predicted molar refractivity (Wildman–Crippen MR) is 92.1 cm³/mol. The molecule has 2 atom stereocenters. The van der Waals surface area contributed by atoms with Crippen molar-refractivity contribution in [3.8, 4) is 5.75 Å². The van der Waals surface area contributed by atoms with E-state index in [0.717, 1.165) is 18.8 Å². The van der Waals surface area contributed by atoms with Crippen LogP contribution in [-0.4, -0.2) is 29.4 Å². The molecule has 5 rings (SSSR count). The number of rotatable bonds is 3. The van der Waals surface area contributed by atoms with Crippen LogP contribution in [0.15, 0.2) is 35.1 Å². The largest absolute Gasteiger partial charge is 0.489 e. The number of morpholine rings is 1. The first-order valence-corrected chi connectivity index (χ1v) is 8.50. The van der Waals surface area contributed by atoms with E-state index in [9.17, 15) is 9.18 Å². The summed E-state index contributed by atoms with van der Waals surface area (Å²) in [4.78, 5) is 18.0. The van der Waals surface area contributed by atoms with Crippen LogP contribution >= 0.6 is 0 Å². The maximum atomic E-state index is 13.5. The molecular formula is C19H16FN3O3. The molecular weight excluding hydrogens is 337 g/mol. The smallest absolute Gasteiger partial charge is 0.255 e. The van der Waals surface area contributed by atoms with Gasteiger partial charge >= 0.3 is 0 Å². The molecule has 6 nitrogen and oxygen atoms in total. The van der Waals surface area contributed by atoms with Gasteiger partial charge in [0.1, 0.15) is 24.0 Å². The lowest BCUT2D eigenvalue weighted by Gasteiger charge is -2.32. The molecule has 2 bridgehead atoms. The van der Waals surface area contributed by atoms with Crippen molar-refractivity contribution in [1.82, 2.24) is 4.57 Å². The molecule has 4 heterocycles. The molecule has 132 valence electrons. The van der Waals surface area contributed by atoms with Crippen LogP contribution in [-0.2, 0) is 17.9 Å². The lowest BCUT2D eigenvalue weighted by molar-refractivity contribution is 0.0856. The summed E-state index contributed by atoms with van der Waals surface area (Å²) in [6.07, 6.45) is 1.19. The molecule has 7 heteroatoms. The van der Waals surface area contributed by atoms with Crippen LogP contribution in [0.2, 0.25) is 0 Å². The Kier molecular flexibility index (Phi) is 3.15. The third-order valence-electron chi connectivity index (χ3n) is 5.44. The third-order valence-corrected chi connectivity index (χ3v) is 5.44. The third kappa shape index (κ3) is 2.22. The Morgan fingerprint density at radius 1 is 1.35 bits per heavy atom. The summed E-state index contributed by atoms with van der Waals surface area (Å²) >= 11 is 0. The average molecular weight is 353 g/mol. The number of halogens is 1. The van der Waals surface area contributed by atoms with E-state index in [2.05, 4.69) is 9.74 Å². The molecule has 1 spiro atoms. The number of hydrogen-bond acceptors (Lipinski definition) is 4. The van der Waals surface area contributed by atoms with Gasteiger partial charge in [-0.15, -0.1) is 0 Å². The number of fused-ring (bicyclic) bond motifs is 3. The standard InChI is InChI=1S/C19H16FN3O3/c1-21-14-3-12(2-13(20)4-14)9-25-15-5-17-22(18(24)6-15)10-19-7-16(26-11-19)8-23(17)19/h2-6,16H,7-11H2/t16-,19+/m0/s1. The van der Waals surface area contributed by atoms with Gasteiger partial charge in [-0.05, 0) is 23.8 Å². The summed E-state index contributed by atoms with van der Waals surface area (Å²) < 4.78 is 26.8. The molecule has 0 amide bonds. The first kappa shape index (κ1) is 15.4. The van der Waals surface area contributed by atoms with Crippen molar-refractivity contribution >= 4 is 11.5 Å². The van der Waals surface area contributed by atoms with E-state index in [-0.39, 0.29) is 29.5 Å². The summed E-state index contributed by atoms with van der Waals surface area (Å²) in [5, 5.41) is 0. The Bertz CT molecular complexity index is 1010. The zero-order valence-electron chi connectivity index (χ0n) is 13.9. The van der Waals surface area contributed by atoms with Gasteiger partial charge in [0.05, 0.1) is 31.4 Å². The Labute approximate surface area is 149 Å². The van der Waals surface area contributed by atoms with Crippen LogP contribution in [0.5, 0.6) is 5.75 Å². The highest BCUT2D eigenvalue weighted by Crippen LogP contribution is 2.46. The summed E-state index contributed by atoms with van der Waals surface area (Å²) in [5.41, 5.74) is 0.586. The number of nitrogens with zero attached hydrogens (tertiary/aromatic N) is 3. The molecule has 0 aliphatic carbocycles. The number of ether oxygens (including phenoxy) is 2. The topological polar surface area (TPSA) is 48.1 Å². The van der Waals surface area contributed by atoms with Crippen molar-refractivity contribution in [2.45, 2.75) is 31.2 Å². The number of benzene rings is 1. The van der Waals surface area contributed by atoms with Gasteiger partial charge < -0.3 is 14.4 Å². The zero-order chi connectivity index (χ0) is 17.9. The van der Waals surface area contributed by atoms with Gasteiger partial charge in [-0.1, -0.05) is 0 Å². The molecule has 3 aliphatic heterocycles. The molecule has 1 aromatic carbocycles. The van der Waals surface area contributed by atoms with E-state index < -0.39 is 5.82 Å². The zero-order valence-corrected chi connectivity index (χ0v) is 13.9. The highest BCUT2D eigenvalue weighted by Gasteiger charge is 2.56. The van der Waals surface area contributed by atoms with Gasteiger partial charge in [0.25, 0.3) is 5.56 Å². The Morgan fingerprint density at radius 3 is 3.04 bits per heavy atom. The number of pyridine rings is 1. The SMILES string of the molecule is [C-]#[N+]c1cc(F)cc(COc2cc3n(c(=O)c2)C[C@]24CO[C@H](CN32)C4)c1. The first-order chi connectivity index (χ1) is 12.6. The fourth-order valence-corrected chi connectivity index (χ4v) is 4.32. The van der Waals surface area contributed by atoms with Crippen LogP contribution in [0.25, 0.3) is 4.85 Å². The average Bonchev–Trinajstić information content (AvgIpc) is 3.28. The van der Waals surface area contributed by atoms with Gasteiger partial charge in [-0.3, -0.25) is 9.36 Å². The summed E-state index contributed by atoms with van der Waals surface area (Å²) in [5.74, 6) is 0.844. The molecule has 26 heavy (non-hydrogen) atoms. The predicted octanol–water partition coefficient (Wildman–Crippen LogP) is 2.48. The number of aromatic nitrogens is 1. The van der Waals surface area contributed by atoms with E-state index in [1.807, 2.05) is 6.07 Å². The minimum absolute atomic E-state index is 0.0947. The van der Waals surface area contributed by atoms with Crippen LogP contribution < -0.4 is 15.2 Å². The highest BCUT2D eigenvalue weighted by atomic mass is 19.1. The fraction of sp³-hybridized carbons (Fsp3) is 0.368. The maximum Gasteiger partial charge on any atom is 0.255 e. The van der Waals surface area contributed by atoms with E-state index in [1.165, 1.54) is 18.2 Å². The summed E-state index contributed by atoms with van der Waals surface area (Å²) in [7, 11) is 0.